The summed E-state index contributed by atoms with van der Waals surface area (Å²) in [6.07, 6.45) is 3.17. The van der Waals surface area contributed by atoms with Crippen LogP contribution in [0.4, 0.5) is 4.79 Å². The molecule has 0 saturated carbocycles. The van der Waals surface area contributed by atoms with Crippen molar-refractivity contribution in [3.63, 3.8) is 0 Å². The fraction of sp³-hybridized carbons (Fsp3) is 0. The Bertz CT molecular complexity index is 550. The number of amides is 2. The van der Waals surface area contributed by atoms with Crippen LogP contribution in [-0.2, 0) is 0 Å². The number of fused-ring (bicyclic) bond motifs is 1. The van der Waals surface area contributed by atoms with Gasteiger partial charge >= 0.3 is 6.03 Å². The maximum atomic E-state index is 10.4. The zero-order valence-electron chi connectivity index (χ0n) is 8.42. The number of carbonyl (C=O) groups excluding carboxylic acids is 1. The number of pyridine rings is 1. The van der Waals surface area contributed by atoms with E-state index in [1.54, 1.807) is 6.20 Å². The average molecular weight is 214 g/mol. The molecule has 1 heterocycles. The van der Waals surface area contributed by atoms with Gasteiger partial charge in [-0.1, -0.05) is 18.2 Å². The van der Waals surface area contributed by atoms with E-state index in [2.05, 4.69) is 15.5 Å². The molecule has 5 heteroatoms. The summed E-state index contributed by atoms with van der Waals surface area (Å²) < 4.78 is 0. The van der Waals surface area contributed by atoms with Crippen molar-refractivity contribution in [3.05, 3.63) is 42.1 Å². The third-order valence-electron chi connectivity index (χ3n) is 2.00. The minimum absolute atomic E-state index is 0.690. The van der Waals surface area contributed by atoms with Crippen molar-refractivity contribution in [2.45, 2.75) is 0 Å². The Morgan fingerprint density at radius 1 is 1.44 bits per heavy atom. The van der Waals surface area contributed by atoms with Crippen molar-refractivity contribution in [3.8, 4) is 0 Å². The normalized spacial score (nSPS) is 10.8. The number of hydrogen-bond donors (Lipinski definition) is 2. The van der Waals surface area contributed by atoms with Crippen molar-refractivity contribution >= 4 is 23.1 Å². The van der Waals surface area contributed by atoms with Crippen LogP contribution in [0.2, 0.25) is 0 Å². The van der Waals surface area contributed by atoms with E-state index in [-0.39, 0.29) is 0 Å². The summed E-state index contributed by atoms with van der Waals surface area (Å²) in [7, 11) is 0. The van der Waals surface area contributed by atoms with Crippen molar-refractivity contribution in [2.24, 2.45) is 10.8 Å². The second kappa shape index (κ2) is 4.39. The molecule has 1 aromatic carbocycles. The van der Waals surface area contributed by atoms with Gasteiger partial charge < -0.3 is 5.73 Å². The van der Waals surface area contributed by atoms with Crippen LogP contribution in [0.25, 0.3) is 10.9 Å². The lowest BCUT2D eigenvalue weighted by Gasteiger charge is -1.97. The molecule has 0 unspecified atom stereocenters. The van der Waals surface area contributed by atoms with Crippen LogP contribution in [0.1, 0.15) is 5.56 Å². The highest BCUT2D eigenvalue weighted by Gasteiger charge is 1.94. The monoisotopic (exact) mass is 214 g/mol. The smallest absolute Gasteiger partial charge is 0.332 e. The predicted octanol–water partition coefficient (Wildman–Crippen LogP) is 1.24. The molecule has 0 bridgehead atoms. The Morgan fingerprint density at radius 2 is 2.25 bits per heavy atom. The number of primary amides is 1. The maximum Gasteiger partial charge on any atom is 0.332 e. The van der Waals surface area contributed by atoms with Gasteiger partial charge in [-0.2, -0.15) is 5.10 Å². The summed E-state index contributed by atoms with van der Waals surface area (Å²) in [5.74, 6) is 0. The van der Waals surface area contributed by atoms with Gasteiger partial charge in [-0.25, -0.2) is 10.2 Å². The quantitative estimate of drug-likeness (QED) is 0.582. The number of carbonyl (C=O) groups is 1. The van der Waals surface area contributed by atoms with E-state index in [1.807, 2.05) is 30.3 Å². The first-order valence-electron chi connectivity index (χ1n) is 4.69. The lowest BCUT2D eigenvalue weighted by molar-refractivity contribution is 0.249. The van der Waals surface area contributed by atoms with Gasteiger partial charge in [-0.3, -0.25) is 4.98 Å². The van der Waals surface area contributed by atoms with E-state index in [9.17, 15) is 4.79 Å². The van der Waals surface area contributed by atoms with Crippen molar-refractivity contribution in [2.75, 3.05) is 0 Å². The van der Waals surface area contributed by atoms with Crippen LogP contribution in [0.15, 0.2) is 41.6 Å². The number of rotatable bonds is 2. The van der Waals surface area contributed by atoms with Crippen LogP contribution in [0.3, 0.4) is 0 Å². The summed E-state index contributed by atoms with van der Waals surface area (Å²) in [5, 5.41) is 4.68. The molecule has 2 rings (SSSR count). The third-order valence-corrected chi connectivity index (χ3v) is 2.00. The Hall–Kier alpha value is -2.43. The molecule has 80 valence electrons. The summed E-state index contributed by atoms with van der Waals surface area (Å²) in [4.78, 5) is 14.6. The van der Waals surface area contributed by atoms with Crippen LogP contribution >= 0.6 is 0 Å². The van der Waals surface area contributed by atoms with Gasteiger partial charge in [-0.05, 0) is 12.1 Å². The predicted molar refractivity (Wildman–Crippen MR) is 62.1 cm³/mol. The van der Waals surface area contributed by atoms with Crippen LogP contribution in [0, 0.1) is 0 Å². The van der Waals surface area contributed by atoms with Gasteiger partial charge in [0, 0.05) is 17.1 Å². The Balaban J connectivity index is 2.26. The number of nitrogens with one attached hydrogen (secondary N) is 1. The number of benzene rings is 1. The second-order valence-corrected chi connectivity index (χ2v) is 3.20. The molecule has 1 aromatic heterocycles. The Labute approximate surface area is 92.0 Å². The van der Waals surface area contributed by atoms with Gasteiger partial charge in [0.15, 0.2) is 0 Å². The molecule has 0 spiro atoms. The second-order valence-electron chi connectivity index (χ2n) is 3.20. The molecule has 16 heavy (non-hydrogen) atoms. The van der Waals surface area contributed by atoms with Gasteiger partial charge in [-0.15, -0.1) is 0 Å². The Kier molecular flexibility index (Phi) is 2.77. The largest absolute Gasteiger partial charge is 0.350 e. The minimum Gasteiger partial charge on any atom is -0.350 e. The molecular weight excluding hydrogens is 204 g/mol. The van der Waals surface area contributed by atoms with E-state index < -0.39 is 6.03 Å². The zero-order chi connectivity index (χ0) is 11.4. The number of hydrazone groups is 1. The summed E-state index contributed by atoms with van der Waals surface area (Å²) in [6, 6.07) is 8.99. The number of nitrogens with two attached hydrogens (primary N) is 1. The van der Waals surface area contributed by atoms with E-state index in [0.717, 1.165) is 16.5 Å². The molecule has 0 aliphatic heterocycles. The van der Waals surface area contributed by atoms with Gasteiger partial charge in [0.05, 0.1) is 11.7 Å². The van der Waals surface area contributed by atoms with Gasteiger partial charge in [0.2, 0.25) is 0 Å². The molecule has 2 amide bonds. The average Bonchev–Trinajstić information content (AvgIpc) is 2.28. The highest BCUT2D eigenvalue weighted by molar-refractivity contribution is 5.88. The Morgan fingerprint density at radius 3 is 3.06 bits per heavy atom. The van der Waals surface area contributed by atoms with Crippen molar-refractivity contribution in [1.29, 1.82) is 0 Å². The standard InChI is InChI=1S/C11H10N4O/c12-11(16)15-14-7-8-5-9-3-1-2-4-10(9)13-6-8/h1-7H,(H3,12,15,16). The number of aromatic nitrogens is 1. The van der Waals surface area contributed by atoms with E-state index in [0.29, 0.717) is 0 Å². The van der Waals surface area contributed by atoms with Crippen LogP contribution in [0.5, 0.6) is 0 Å². The SMILES string of the molecule is NC(=O)NN=Cc1cnc2ccccc2c1. The van der Waals surface area contributed by atoms with Crippen molar-refractivity contribution < 1.29 is 4.79 Å². The number of para-hydroxylation sites is 1. The lowest BCUT2D eigenvalue weighted by Crippen LogP contribution is -2.24. The molecular formula is C11H10N4O. The zero-order valence-corrected chi connectivity index (χ0v) is 8.42. The molecule has 0 atom stereocenters. The molecule has 2 aromatic rings. The van der Waals surface area contributed by atoms with Crippen LogP contribution in [-0.4, -0.2) is 17.2 Å². The molecule has 3 N–H and O–H groups in total. The minimum atomic E-state index is -0.690. The molecule has 0 radical (unpaired) electrons. The van der Waals surface area contributed by atoms with E-state index >= 15 is 0 Å². The first kappa shape index (κ1) is 10.1. The summed E-state index contributed by atoms with van der Waals surface area (Å²) in [6.45, 7) is 0. The number of hydrogen-bond acceptors (Lipinski definition) is 3. The van der Waals surface area contributed by atoms with E-state index in [1.165, 1.54) is 6.21 Å². The van der Waals surface area contributed by atoms with E-state index in [4.69, 9.17) is 5.73 Å². The van der Waals surface area contributed by atoms with Crippen LogP contribution < -0.4 is 11.2 Å². The molecule has 0 saturated heterocycles. The highest BCUT2D eigenvalue weighted by atomic mass is 16.2. The first-order valence-corrected chi connectivity index (χ1v) is 4.69. The molecule has 0 aliphatic carbocycles. The topological polar surface area (TPSA) is 80.4 Å². The number of urea groups is 1. The fourth-order valence-electron chi connectivity index (χ4n) is 1.33. The first-order chi connectivity index (χ1) is 7.75. The lowest BCUT2D eigenvalue weighted by atomic mass is 10.2. The summed E-state index contributed by atoms with van der Waals surface area (Å²) >= 11 is 0. The third kappa shape index (κ3) is 2.33. The summed E-state index contributed by atoms with van der Waals surface area (Å²) in [5.41, 5.74) is 8.71. The van der Waals surface area contributed by atoms with Gasteiger partial charge in [0.25, 0.3) is 0 Å². The molecule has 5 nitrogen and oxygen atoms in total. The van der Waals surface area contributed by atoms with Gasteiger partial charge in [0.1, 0.15) is 0 Å². The fourth-order valence-corrected chi connectivity index (χ4v) is 1.33. The molecule has 0 fully saturated rings. The highest BCUT2D eigenvalue weighted by Crippen LogP contribution is 2.11. The molecule has 0 aliphatic rings. The number of nitrogens with zero attached hydrogens (tertiary/aromatic N) is 2. The van der Waals surface area contributed by atoms with Crippen molar-refractivity contribution in [1.82, 2.24) is 10.4 Å². The maximum absolute atomic E-state index is 10.4.